The third kappa shape index (κ3) is 2.17. The molecule has 0 saturated heterocycles. The van der Waals surface area contributed by atoms with Gasteiger partial charge in [-0.3, -0.25) is 4.79 Å². The number of furan rings is 1. The molecule has 1 N–H and O–H groups in total. The summed E-state index contributed by atoms with van der Waals surface area (Å²) in [6.45, 7) is 0. The molecular weight excluding hydrogens is 264 g/mol. The van der Waals surface area contributed by atoms with Gasteiger partial charge in [0.05, 0.1) is 6.42 Å². The Morgan fingerprint density at radius 3 is 2.58 bits per heavy atom. The highest BCUT2D eigenvalue weighted by molar-refractivity contribution is 6.17. The highest BCUT2D eigenvalue weighted by Crippen LogP contribution is 2.30. The molecule has 0 bridgehead atoms. The summed E-state index contributed by atoms with van der Waals surface area (Å²) in [6.07, 6.45) is -0.0000841. The number of halogens is 1. The van der Waals surface area contributed by atoms with Gasteiger partial charge in [0.15, 0.2) is 0 Å². The van der Waals surface area contributed by atoms with E-state index in [1.807, 2.05) is 30.3 Å². The Morgan fingerprint density at radius 1 is 1.05 bits per heavy atom. The summed E-state index contributed by atoms with van der Waals surface area (Å²) in [5.74, 6) is -0.389. The second-order valence-corrected chi connectivity index (χ2v) is 4.73. The van der Waals surface area contributed by atoms with Gasteiger partial charge in [0, 0.05) is 16.7 Å². The molecule has 0 saturated carbocycles. The van der Waals surface area contributed by atoms with Gasteiger partial charge < -0.3 is 9.52 Å². The molecule has 1 heterocycles. The first-order valence-electron chi connectivity index (χ1n) is 5.89. The molecule has 3 nitrogen and oxygen atoms in total. The standard InChI is InChI=1S/C15H11ClO3/c16-8-10-2-4-13-12(5-10)11-3-1-9(7-15(17)18)6-14(11)19-13/h1-6H,7-8H2,(H,17,18). The van der Waals surface area contributed by atoms with Crippen LogP contribution in [0.2, 0.25) is 0 Å². The van der Waals surface area contributed by atoms with E-state index in [1.165, 1.54) is 0 Å². The summed E-state index contributed by atoms with van der Waals surface area (Å²) < 4.78 is 5.74. The number of aliphatic carboxylic acids is 1. The normalized spacial score (nSPS) is 11.2. The lowest BCUT2D eigenvalue weighted by atomic mass is 10.1. The number of carboxylic acid groups (broad SMARTS) is 1. The largest absolute Gasteiger partial charge is 0.481 e. The van der Waals surface area contributed by atoms with Gasteiger partial charge in [-0.1, -0.05) is 18.2 Å². The Morgan fingerprint density at radius 2 is 1.84 bits per heavy atom. The van der Waals surface area contributed by atoms with Crippen molar-refractivity contribution in [2.45, 2.75) is 12.3 Å². The SMILES string of the molecule is O=C(O)Cc1ccc2c(c1)oc1ccc(CCl)cc12. The first-order valence-corrected chi connectivity index (χ1v) is 6.42. The Hall–Kier alpha value is -2.00. The maximum Gasteiger partial charge on any atom is 0.307 e. The fourth-order valence-electron chi connectivity index (χ4n) is 2.24. The second kappa shape index (κ2) is 4.59. The third-order valence-corrected chi connectivity index (χ3v) is 3.42. The van der Waals surface area contributed by atoms with E-state index in [2.05, 4.69) is 0 Å². The number of hydrogen-bond donors (Lipinski definition) is 1. The highest BCUT2D eigenvalue weighted by atomic mass is 35.5. The van der Waals surface area contributed by atoms with Crippen molar-refractivity contribution in [3.05, 3.63) is 47.5 Å². The molecule has 0 spiro atoms. The number of carbonyl (C=O) groups is 1. The Kier molecular flexibility index (Phi) is 2.91. The van der Waals surface area contributed by atoms with Crippen molar-refractivity contribution >= 4 is 39.5 Å². The topological polar surface area (TPSA) is 50.4 Å². The molecular formula is C15H11ClO3. The molecule has 3 aromatic rings. The van der Waals surface area contributed by atoms with Crippen LogP contribution in [0.25, 0.3) is 21.9 Å². The van der Waals surface area contributed by atoms with Gasteiger partial charge >= 0.3 is 5.97 Å². The zero-order valence-corrected chi connectivity index (χ0v) is 10.8. The Labute approximate surface area is 114 Å². The van der Waals surface area contributed by atoms with E-state index in [1.54, 1.807) is 6.07 Å². The molecule has 0 aliphatic heterocycles. The summed E-state index contributed by atoms with van der Waals surface area (Å²) >= 11 is 5.83. The van der Waals surface area contributed by atoms with Crippen molar-refractivity contribution in [3.63, 3.8) is 0 Å². The number of rotatable bonds is 3. The molecule has 2 aromatic carbocycles. The van der Waals surface area contributed by atoms with Crippen LogP contribution in [0, 0.1) is 0 Å². The van der Waals surface area contributed by atoms with Gasteiger partial charge in [0.25, 0.3) is 0 Å². The van der Waals surface area contributed by atoms with Crippen molar-refractivity contribution in [2.24, 2.45) is 0 Å². The molecule has 0 unspecified atom stereocenters. The van der Waals surface area contributed by atoms with Crippen LogP contribution in [0.3, 0.4) is 0 Å². The quantitative estimate of drug-likeness (QED) is 0.736. The fraction of sp³-hybridized carbons (Fsp3) is 0.133. The predicted molar refractivity (Wildman–Crippen MR) is 74.6 cm³/mol. The first-order chi connectivity index (χ1) is 9.17. The molecule has 0 amide bonds. The zero-order valence-electron chi connectivity index (χ0n) is 10.0. The van der Waals surface area contributed by atoms with Crippen LogP contribution in [-0.2, 0) is 17.1 Å². The smallest absolute Gasteiger partial charge is 0.307 e. The van der Waals surface area contributed by atoms with Gasteiger partial charge in [0.1, 0.15) is 11.2 Å². The molecule has 0 fully saturated rings. The van der Waals surface area contributed by atoms with Crippen molar-refractivity contribution < 1.29 is 14.3 Å². The number of benzene rings is 2. The Balaban J connectivity index is 2.19. The molecule has 0 aliphatic rings. The number of fused-ring (bicyclic) bond motifs is 3. The molecule has 1 aromatic heterocycles. The number of hydrogen-bond acceptors (Lipinski definition) is 2. The van der Waals surface area contributed by atoms with E-state index in [-0.39, 0.29) is 6.42 Å². The lowest BCUT2D eigenvalue weighted by Gasteiger charge is -1.96. The van der Waals surface area contributed by atoms with Crippen molar-refractivity contribution in [2.75, 3.05) is 0 Å². The first kappa shape index (κ1) is 12.1. The monoisotopic (exact) mass is 274 g/mol. The maximum absolute atomic E-state index is 10.7. The minimum absolute atomic E-state index is 0.0000841. The van der Waals surface area contributed by atoms with E-state index < -0.39 is 5.97 Å². The summed E-state index contributed by atoms with van der Waals surface area (Å²) in [5.41, 5.74) is 3.26. The van der Waals surface area contributed by atoms with Crippen LogP contribution in [0.4, 0.5) is 0 Å². The summed E-state index contributed by atoms with van der Waals surface area (Å²) in [4.78, 5) is 10.7. The van der Waals surface area contributed by atoms with Gasteiger partial charge in [0.2, 0.25) is 0 Å². The molecule has 0 radical (unpaired) electrons. The van der Waals surface area contributed by atoms with Crippen molar-refractivity contribution in [3.8, 4) is 0 Å². The molecule has 3 rings (SSSR count). The predicted octanol–water partition coefficient (Wildman–Crippen LogP) is 3.95. The summed E-state index contributed by atoms with van der Waals surface area (Å²) in [6, 6.07) is 11.3. The highest BCUT2D eigenvalue weighted by Gasteiger charge is 2.09. The van der Waals surface area contributed by atoms with E-state index in [9.17, 15) is 4.79 Å². The van der Waals surface area contributed by atoms with Crippen LogP contribution >= 0.6 is 11.6 Å². The van der Waals surface area contributed by atoms with Gasteiger partial charge in [-0.05, 0) is 29.3 Å². The summed E-state index contributed by atoms with van der Waals surface area (Å²) in [7, 11) is 0. The molecule has 0 atom stereocenters. The van der Waals surface area contributed by atoms with E-state index in [0.29, 0.717) is 11.5 Å². The lowest BCUT2D eigenvalue weighted by molar-refractivity contribution is -0.136. The molecule has 96 valence electrons. The van der Waals surface area contributed by atoms with Gasteiger partial charge in [-0.25, -0.2) is 0 Å². The van der Waals surface area contributed by atoms with Crippen LogP contribution in [0.1, 0.15) is 11.1 Å². The van der Waals surface area contributed by atoms with Gasteiger partial charge in [-0.2, -0.15) is 0 Å². The third-order valence-electron chi connectivity index (χ3n) is 3.11. The lowest BCUT2D eigenvalue weighted by Crippen LogP contribution is -1.99. The summed E-state index contributed by atoms with van der Waals surface area (Å²) in [5, 5.41) is 10.8. The molecule has 4 heteroatoms. The van der Waals surface area contributed by atoms with E-state index in [0.717, 1.165) is 27.5 Å². The van der Waals surface area contributed by atoms with Gasteiger partial charge in [-0.15, -0.1) is 11.6 Å². The average molecular weight is 275 g/mol. The average Bonchev–Trinajstić information content (AvgIpc) is 2.74. The van der Waals surface area contributed by atoms with Crippen molar-refractivity contribution in [1.29, 1.82) is 0 Å². The fourth-order valence-corrected chi connectivity index (χ4v) is 2.40. The molecule has 0 aliphatic carbocycles. The van der Waals surface area contributed by atoms with Crippen LogP contribution in [0.5, 0.6) is 0 Å². The number of carboxylic acids is 1. The minimum Gasteiger partial charge on any atom is -0.481 e. The van der Waals surface area contributed by atoms with Crippen LogP contribution in [0.15, 0.2) is 40.8 Å². The van der Waals surface area contributed by atoms with Crippen LogP contribution < -0.4 is 0 Å². The van der Waals surface area contributed by atoms with E-state index >= 15 is 0 Å². The second-order valence-electron chi connectivity index (χ2n) is 4.47. The van der Waals surface area contributed by atoms with Crippen LogP contribution in [-0.4, -0.2) is 11.1 Å². The zero-order chi connectivity index (χ0) is 13.4. The Bertz CT molecular complexity index is 774. The molecule has 19 heavy (non-hydrogen) atoms. The van der Waals surface area contributed by atoms with E-state index in [4.69, 9.17) is 21.1 Å². The maximum atomic E-state index is 10.7. The minimum atomic E-state index is -0.847. The van der Waals surface area contributed by atoms with Crippen molar-refractivity contribution in [1.82, 2.24) is 0 Å². The number of alkyl halides is 1.